The SMILES string of the molecule is CCC(CO)Nc1nc(Nc2ccc(OC)cc2)nc2ccccc12. The highest BCUT2D eigenvalue weighted by molar-refractivity contribution is 5.90. The Bertz CT molecular complexity index is 832. The first-order chi connectivity index (χ1) is 12.2. The molecule has 130 valence electrons. The van der Waals surface area contributed by atoms with Crippen LogP contribution in [0.15, 0.2) is 48.5 Å². The van der Waals surface area contributed by atoms with Crippen LogP contribution in [-0.2, 0) is 0 Å². The molecular formula is C19H22N4O2. The molecule has 0 aliphatic carbocycles. The van der Waals surface area contributed by atoms with E-state index < -0.39 is 0 Å². The molecule has 0 amide bonds. The van der Waals surface area contributed by atoms with Crippen molar-refractivity contribution in [2.24, 2.45) is 0 Å². The number of fused-ring (bicyclic) bond motifs is 1. The molecule has 3 aromatic rings. The minimum atomic E-state index is -0.0489. The van der Waals surface area contributed by atoms with Crippen molar-refractivity contribution in [2.75, 3.05) is 24.4 Å². The molecule has 6 nitrogen and oxygen atoms in total. The molecule has 1 aromatic heterocycles. The third-order valence-corrected chi connectivity index (χ3v) is 4.00. The standard InChI is InChI=1S/C19H22N4O2/c1-3-13(12-24)20-18-16-6-4-5-7-17(16)22-19(23-18)21-14-8-10-15(25-2)11-9-14/h4-11,13,24H,3,12H2,1-2H3,(H2,20,21,22,23). The second kappa shape index (κ2) is 7.81. The number of benzene rings is 2. The smallest absolute Gasteiger partial charge is 0.229 e. The van der Waals surface area contributed by atoms with E-state index in [1.165, 1.54) is 0 Å². The fourth-order valence-corrected chi connectivity index (χ4v) is 2.52. The van der Waals surface area contributed by atoms with Gasteiger partial charge in [-0.1, -0.05) is 19.1 Å². The van der Waals surface area contributed by atoms with Gasteiger partial charge in [0.25, 0.3) is 0 Å². The van der Waals surface area contributed by atoms with Gasteiger partial charge in [-0.05, 0) is 42.8 Å². The van der Waals surface area contributed by atoms with E-state index in [4.69, 9.17) is 4.74 Å². The zero-order valence-corrected chi connectivity index (χ0v) is 14.4. The second-order valence-corrected chi connectivity index (χ2v) is 5.70. The number of anilines is 3. The maximum atomic E-state index is 9.48. The van der Waals surface area contributed by atoms with Gasteiger partial charge in [0, 0.05) is 11.1 Å². The third kappa shape index (κ3) is 3.97. The van der Waals surface area contributed by atoms with Crippen LogP contribution in [0.5, 0.6) is 5.75 Å². The molecule has 0 aliphatic rings. The number of nitrogens with zero attached hydrogens (tertiary/aromatic N) is 2. The average Bonchev–Trinajstić information content (AvgIpc) is 2.66. The van der Waals surface area contributed by atoms with Crippen LogP contribution in [0.25, 0.3) is 10.9 Å². The predicted molar refractivity (Wildman–Crippen MR) is 101 cm³/mol. The Morgan fingerprint density at radius 3 is 2.52 bits per heavy atom. The van der Waals surface area contributed by atoms with Crippen LogP contribution in [0, 0.1) is 0 Å². The minimum Gasteiger partial charge on any atom is -0.497 e. The van der Waals surface area contributed by atoms with Gasteiger partial charge < -0.3 is 20.5 Å². The first kappa shape index (κ1) is 17.0. The molecule has 3 rings (SSSR count). The molecule has 25 heavy (non-hydrogen) atoms. The second-order valence-electron chi connectivity index (χ2n) is 5.70. The summed E-state index contributed by atoms with van der Waals surface area (Å²) in [5.74, 6) is 2.00. The van der Waals surface area contributed by atoms with Gasteiger partial charge in [0.15, 0.2) is 0 Å². The van der Waals surface area contributed by atoms with Gasteiger partial charge in [0.2, 0.25) is 5.95 Å². The summed E-state index contributed by atoms with van der Waals surface area (Å²) in [6.45, 7) is 2.07. The zero-order valence-electron chi connectivity index (χ0n) is 14.4. The lowest BCUT2D eigenvalue weighted by molar-refractivity contribution is 0.271. The number of aliphatic hydroxyl groups is 1. The lowest BCUT2D eigenvalue weighted by Crippen LogP contribution is -2.23. The number of nitrogens with one attached hydrogen (secondary N) is 2. The van der Waals surface area contributed by atoms with E-state index in [1.54, 1.807) is 7.11 Å². The molecule has 0 spiro atoms. The van der Waals surface area contributed by atoms with Crippen molar-refractivity contribution in [3.05, 3.63) is 48.5 Å². The predicted octanol–water partition coefficient (Wildman–Crippen LogP) is 3.56. The molecule has 1 unspecified atom stereocenters. The molecule has 6 heteroatoms. The van der Waals surface area contributed by atoms with Crippen molar-refractivity contribution in [3.63, 3.8) is 0 Å². The fourth-order valence-electron chi connectivity index (χ4n) is 2.52. The first-order valence-electron chi connectivity index (χ1n) is 8.28. The largest absolute Gasteiger partial charge is 0.497 e. The molecule has 3 N–H and O–H groups in total. The van der Waals surface area contributed by atoms with E-state index in [1.807, 2.05) is 55.5 Å². The summed E-state index contributed by atoms with van der Waals surface area (Å²) in [6, 6.07) is 15.3. The summed E-state index contributed by atoms with van der Waals surface area (Å²) in [5.41, 5.74) is 1.71. The number of hydrogen-bond acceptors (Lipinski definition) is 6. The molecule has 2 aromatic carbocycles. The number of aromatic nitrogens is 2. The molecule has 0 saturated heterocycles. The number of methoxy groups -OCH3 is 1. The zero-order chi connectivity index (χ0) is 17.6. The normalized spacial score (nSPS) is 12.0. The number of ether oxygens (including phenoxy) is 1. The number of aliphatic hydroxyl groups excluding tert-OH is 1. The fraction of sp³-hybridized carbons (Fsp3) is 0.263. The Labute approximate surface area is 146 Å². The van der Waals surface area contributed by atoms with Crippen molar-refractivity contribution in [3.8, 4) is 5.75 Å². The van der Waals surface area contributed by atoms with E-state index in [9.17, 15) is 5.11 Å². The maximum Gasteiger partial charge on any atom is 0.229 e. The third-order valence-electron chi connectivity index (χ3n) is 4.00. The Hall–Kier alpha value is -2.86. The van der Waals surface area contributed by atoms with E-state index in [0.717, 1.165) is 28.8 Å². The summed E-state index contributed by atoms with van der Waals surface area (Å²) in [7, 11) is 1.64. The quantitative estimate of drug-likeness (QED) is 0.611. The summed E-state index contributed by atoms with van der Waals surface area (Å²) < 4.78 is 5.17. The number of para-hydroxylation sites is 1. The number of hydrogen-bond donors (Lipinski definition) is 3. The van der Waals surface area contributed by atoms with Crippen molar-refractivity contribution in [2.45, 2.75) is 19.4 Å². The summed E-state index contributed by atoms with van der Waals surface area (Å²) >= 11 is 0. The van der Waals surface area contributed by atoms with Crippen molar-refractivity contribution >= 4 is 28.4 Å². The summed E-state index contributed by atoms with van der Waals surface area (Å²) in [6.07, 6.45) is 0.802. The van der Waals surface area contributed by atoms with E-state index in [0.29, 0.717) is 11.8 Å². The lowest BCUT2D eigenvalue weighted by atomic mass is 10.2. The summed E-state index contributed by atoms with van der Waals surface area (Å²) in [4.78, 5) is 9.18. The van der Waals surface area contributed by atoms with Gasteiger partial charge in [0.05, 0.1) is 25.3 Å². The van der Waals surface area contributed by atoms with Crippen LogP contribution in [0.1, 0.15) is 13.3 Å². The van der Waals surface area contributed by atoms with Crippen molar-refractivity contribution in [1.82, 2.24) is 9.97 Å². The van der Waals surface area contributed by atoms with Crippen LogP contribution in [0.3, 0.4) is 0 Å². The Morgan fingerprint density at radius 1 is 1.08 bits per heavy atom. The highest BCUT2D eigenvalue weighted by atomic mass is 16.5. The lowest BCUT2D eigenvalue weighted by Gasteiger charge is -2.17. The number of rotatable bonds is 7. The van der Waals surface area contributed by atoms with Crippen LogP contribution < -0.4 is 15.4 Å². The summed E-state index contributed by atoms with van der Waals surface area (Å²) in [5, 5.41) is 16.9. The van der Waals surface area contributed by atoms with Gasteiger partial charge in [0.1, 0.15) is 11.6 Å². The van der Waals surface area contributed by atoms with E-state index >= 15 is 0 Å². The Balaban J connectivity index is 1.94. The monoisotopic (exact) mass is 338 g/mol. The van der Waals surface area contributed by atoms with Crippen LogP contribution in [0.2, 0.25) is 0 Å². The van der Waals surface area contributed by atoms with Crippen molar-refractivity contribution in [1.29, 1.82) is 0 Å². The molecule has 1 heterocycles. The van der Waals surface area contributed by atoms with E-state index in [2.05, 4.69) is 20.6 Å². The maximum absolute atomic E-state index is 9.48. The highest BCUT2D eigenvalue weighted by Gasteiger charge is 2.11. The molecule has 0 bridgehead atoms. The highest BCUT2D eigenvalue weighted by Crippen LogP contribution is 2.25. The molecule has 0 aliphatic heterocycles. The molecule has 0 saturated carbocycles. The van der Waals surface area contributed by atoms with E-state index in [-0.39, 0.29) is 12.6 Å². The van der Waals surface area contributed by atoms with Crippen LogP contribution in [0.4, 0.5) is 17.5 Å². The molecular weight excluding hydrogens is 316 g/mol. The molecule has 0 radical (unpaired) electrons. The van der Waals surface area contributed by atoms with Gasteiger partial charge in [-0.15, -0.1) is 0 Å². The van der Waals surface area contributed by atoms with Gasteiger partial charge in [-0.3, -0.25) is 0 Å². The topological polar surface area (TPSA) is 79.3 Å². The molecule has 0 fully saturated rings. The Kier molecular flexibility index (Phi) is 5.30. The van der Waals surface area contributed by atoms with Crippen molar-refractivity contribution < 1.29 is 9.84 Å². The first-order valence-corrected chi connectivity index (χ1v) is 8.28. The van der Waals surface area contributed by atoms with Crippen LogP contribution >= 0.6 is 0 Å². The van der Waals surface area contributed by atoms with Crippen LogP contribution in [-0.4, -0.2) is 34.8 Å². The van der Waals surface area contributed by atoms with Gasteiger partial charge >= 0.3 is 0 Å². The Morgan fingerprint density at radius 2 is 1.84 bits per heavy atom. The van der Waals surface area contributed by atoms with Gasteiger partial charge in [-0.2, -0.15) is 4.98 Å². The molecule has 1 atom stereocenters. The average molecular weight is 338 g/mol. The minimum absolute atomic E-state index is 0.0489. The van der Waals surface area contributed by atoms with Gasteiger partial charge in [-0.25, -0.2) is 4.98 Å².